The lowest BCUT2D eigenvalue weighted by atomic mass is 9.71. The van der Waals surface area contributed by atoms with E-state index in [1.807, 2.05) is 25.1 Å². The molecule has 3 heteroatoms. The molecule has 1 aromatic carbocycles. The van der Waals surface area contributed by atoms with Crippen LogP contribution in [0.15, 0.2) is 18.2 Å². The van der Waals surface area contributed by atoms with Crippen molar-refractivity contribution >= 4 is 11.6 Å². The summed E-state index contributed by atoms with van der Waals surface area (Å²) in [6, 6.07) is 5.80. The molecule has 0 amide bonds. The quantitative estimate of drug-likeness (QED) is 0.851. The molecule has 0 aromatic heterocycles. The molecule has 0 spiro atoms. The summed E-state index contributed by atoms with van der Waals surface area (Å²) in [4.78, 5) is 0. The Bertz CT molecular complexity index is 407. The highest BCUT2D eigenvalue weighted by Crippen LogP contribution is 2.41. The zero-order valence-electron chi connectivity index (χ0n) is 10.2. The fraction of sp³-hybridized carbons (Fsp3) is 0.571. The Morgan fingerprint density at radius 3 is 2.88 bits per heavy atom. The van der Waals surface area contributed by atoms with Crippen LogP contribution >= 0.6 is 11.6 Å². The minimum Gasteiger partial charge on any atom is -0.385 e. The van der Waals surface area contributed by atoms with E-state index in [0.29, 0.717) is 6.54 Å². The van der Waals surface area contributed by atoms with E-state index in [0.717, 1.165) is 41.8 Å². The van der Waals surface area contributed by atoms with Crippen LogP contribution in [0.4, 0.5) is 0 Å². The first kappa shape index (κ1) is 12.9. The summed E-state index contributed by atoms with van der Waals surface area (Å²) in [5.74, 6) is 0.164. The van der Waals surface area contributed by atoms with Crippen LogP contribution in [0.1, 0.15) is 36.8 Å². The van der Waals surface area contributed by atoms with Gasteiger partial charge in [-0.2, -0.15) is 0 Å². The third kappa shape index (κ3) is 2.35. The smallest absolute Gasteiger partial charge is 0.0936 e. The molecule has 2 atom stereocenters. The van der Waals surface area contributed by atoms with E-state index in [-0.39, 0.29) is 5.92 Å². The SMILES string of the molecule is Cc1cc([C@@]2(O)CCCCC2CN)ccc1Cl. The Labute approximate surface area is 108 Å². The fourth-order valence-electron chi connectivity index (χ4n) is 2.83. The molecule has 1 fully saturated rings. The number of hydrogen-bond acceptors (Lipinski definition) is 2. The van der Waals surface area contributed by atoms with Crippen molar-refractivity contribution in [3.63, 3.8) is 0 Å². The normalized spacial score (nSPS) is 29.3. The minimum absolute atomic E-state index is 0.164. The monoisotopic (exact) mass is 253 g/mol. The van der Waals surface area contributed by atoms with E-state index in [2.05, 4.69) is 0 Å². The molecule has 0 saturated heterocycles. The van der Waals surface area contributed by atoms with Gasteiger partial charge >= 0.3 is 0 Å². The molecule has 94 valence electrons. The van der Waals surface area contributed by atoms with Crippen LogP contribution in [-0.4, -0.2) is 11.7 Å². The lowest BCUT2D eigenvalue weighted by Crippen LogP contribution is -2.41. The van der Waals surface area contributed by atoms with Crippen molar-refractivity contribution in [2.45, 2.75) is 38.2 Å². The standard InChI is InChI=1S/C14H20ClNO/c1-10-8-11(5-6-13(10)15)14(17)7-3-2-4-12(14)9-16/h5-6,8,12,17H,2-4,7,9,16H2,1H3/t12?,14-/m0/s1. The van der Waals surface area contributed by atoms with Crippen LogP contribution < -0.4 is 5.73 Å². The van der Waals surface area contributed by atoms with Crippen LogP contribution in [0.3, 0.4) is 0 Å². The molecule has 0 aliphatic heterocycles. The molecule has 1 saturated carbocycles. The zero-order chi connectivity index (χ0) is 12.5. The van der Waals surface area contributed by atoms with Gasteiger partial charge < -0.3 is 10.8 Å². The van der Waals surface area contributed by atoms with Gasteiger partial charge in [0.25, 0.3) is 0 Å². The van der Waals surface area contributed by atoms with Gasteiger partial charge in [0.1, 0.15) is 0 Å². The summed E-state index contributed by atoms with van der Waals surface area (Å²) in [5, 5.41) is 11.6. The van der Waals surface area contributed by atoms with Gasteiger partial charge in [0.2, 0.25) is 0 Å². The third-order valence-electron chi connectivity index (χ3n) is 3.98. The number of halogens is 1. The van der Waals surface area contributed by atoms with Crippen LogP contribution in [-0.2, 0) is 5.60 Å². The third-order valence-corrected chi connectivity index (χ3v) is 4.40. The van der Waals surface area contributed by atoms with E-state index in [1.54, 1.807) is 0 Å². The summed E-state index contributed by atoms with van der Waals surface area (Å²) in [7, 11) is 0. The Morgan fingerprint density at radius 1 is 1.47 bits per heavy atom. The van der Waals surface area contributed by atoms with E-state index in [4.69, 9.17) is 17.3 Å². The lowest BCUT2D eigenvalue weighted by molar-refractivity contribution is -0.0506. The van der Waals surface area contributed by atoms with Crippen molar-refractivity contribution in [2.75, 3.05) is 6.54 Å². The van der Waals surface area contributed by atoms with Crippen molar-refractivity contribution in [1.82, 2.24) is 0 Å². The topological polar surface area (TPSA) is 46.2 Å². The summed E-state index contributed by atoms with van der Waals surface area (Å²) in [5.41, 5.74) is 7.02. The Hall–Kier alpha value is -0.570. The number of aryl methyl sites for hydroxylation is 1. The Morgan fingerprint density at radius 2 is 2.24 bits per heavy atom. The molecule has 1 aliphatic carbocycles. The van der Waals surface area contributed by atoms with Gasteiger partial charge in [-0.3, -0.25) is 0 Å². The van der Waals surface area contributed by atoms with Gasteiger partial charge in [-0.25, -0.2) is 0 Å². The number of aliphatic hydroxyl groups is 1. The molecular formula is C14H20ClNO. The summed E-state index contributed by atoms with van der Waals surface area (Å²) < 4.78 is 0. The molecule has 0 bridgehead atoms. The van der Waals surface area contributed by atoms with Gasteiger partial charge in [-0.05, 0) is 43.5 Å². The Balaban J connectivity index is 2.37. The maximum atomic E-state index is 10.9. The van der Waals surface area contributed by atoms with Crippen LogP contribution in [0.25, 0.3) is 0 Å². The highest BCUT2D eigenvalue weighted by molar-refractivity contribution is 6.31. The number of benzene rings is 1. The van der Waals surface area contributed by atoms with Crippen molar-refractivity contribution in [1.29, 1.82) is 0 Å². The molecule has 0 radical (unpaired) electrons. The molecule has 1 unspecified atom stereocenters. The van der Waals surface area contributed by atoms with Crippen LogP contribution in [0.5, 0.6) is 0 Å². The van der Waals surface area contributed by atoms with Crippen molar-refractivity contribution in [3.8, 4) is 0 Å². The fourth-order valence-corrected chi connectivity index (χ4v) is 2.95. The first-order valence-electron chi connectivity index (χ1n) is 6.27. The highest BCUT2D eigenvalue weighted by Gasteiger charge is 2.39. The molecular weight excluding hydrogens is 234 g/mol. The lowest BCUT2D eigenvalue weighted by Gasteiger charge is -2.40. The summed E-state index contributed by atoms with van der Waals surface area (Å²) >= 11 is 6.03. The minimum atomic E-state index is -0.762. The number of hydrogen-bond donors (Lipinski definition) is 2. The van der Waals surface area contributed by atoms with Crippen LogP contribution in [0.2, 0.25) is 5.02 Å². The first-order valence-corrected chi connectivity index (χ1v) is 6.65. The van der Waals surface area contributed by atoms with Gasteiger partial charge in [-0.15, -0.1) is 0 Å². The van der Waals surface area contributed by atoms with Crippen molar-refractivity contribution in [2.24, 2.45) is 11.7 Å². The summed E-state index contributed by atoms with van der Waals surface area (Å²) in [6.45, 7) is 2.51. The number of nitrogens with two attached hydrogens (primary N) is 1. The largest absolute Gasteiger partial charge is 0.385 e. The molecule has 0 heterocycles. The maximum Gasteiger partial charge on any atom is 0.0936 e. The molecule has 1 aliphatic rings. The second-order valence-corrected chi connectivity index (χ2v) is 5.47. The number of rotatable bonds is 2. The molecule has 2 rings (SSSR count). The predicted molar refractivity (Wildman–Crippen MR) is 71.1 cm³/mol. The molecule has 3 N–H and O–H groups in total. The van der Waals surface area contributed by atoms with E-state index < -0.39 is 5.60 Å². The van der Waals surface area contributed by atoms with E-state index in [9.17, 15) is 5.11 Å². The van der Waals surface area contributed by atoms with E-state index in [1.165, 1.54) is 0 Å². The van der Waals surface area contributed by atoms with E-state index >= 15 is 0 Å². The van der Waals surface area contributed by atoms with Gasteiger partial charge in [0.05, 0.1) is 5.60 Å². The molecule has 17 heavy (non-hydrogen) atoms. The first-order chi connectivity index (χ1) is 8.08. The highest BCUT2D eigenvalue weighted by atomic mass is 35.5. The Kier molecular flexibility index (Phi) is 3.76. The average Bonchev–Trinajstić information content (AvgIpc) is 2.33. The summed E-state index contributed by atoms with van der Waals surface area (Å²) in [6.07, 6.45) is 4.04. The predicted octanol–water partition coefficient (Wildman–Crippen LogP) is 2.98. The van der Waals surface area contributed by atoms with Gasteiger partial charge in [0, 0.05) is 10.9 Å². The zero-order valence-corrected chi connectivity index (χ0v) is 11.0. The van der Waals surface area contributed by atoms with Crippen molar-refractivity contribution in [3.05, 3.63) is 34.3 Å². The second kappa shape index (κ2) is 4.97. The molecule has 2 nitrogen and oxygen atoms in total. The maximum absolute atomic E-state index is 10.9. The van der Waals surface area contributed by atoms with Gasteiger partial charge in [0.15, 0.2) is 0 Å². The second-order valence-electron chi connectivity index (χ2n) is 5.07. The average molecular weight is 254 g/mol. The van der Waals surface area contributed by atoms with Crippen LogP contribution in [0, 0.1) is 12.8 Å². The van der Waals surface area contributed by atoms with Crippen molar-refractivity contribution < 1.29 is 5.11 Å². The molecule has 1 aromatic rings. The van der Waals surface area contributed by atoms with Gasteiger partial charge in [-0.1, -0.05) is 36.6 Å².